The van der Waals surface area contributed by atoms with Gasteiger partial charge in [0.15, 0.2) is 5.79 Å². The molecule has 1 aliphatic heterocycles. The minimum absolute atomic E-state index is 0.164. The number of aliphatic hydroxyl groups is 1. The van der Waals surface area contributed by atoms with Crippen molar-refractivity contribution in [1.29, 1.82) is 0 Å². The van der Waals surface area contributed by atoms with Crippen LogP contribution in [0.1, 0.15) is 82.6 Å². The maximum atomic E-state index is 11.8. The van der Waals surface area contributed by atoms with Crippen molar-refractivity contribution in [2.24, 2.45) is 5.41 Å². The molecule has 3 nitrogen and oxygen atoms in total. The molecule has 3 heteroatoms. The Morgan fingerprint density at radius 2 is 1.42 bits per heavy atom. The summed E-state index contributed by atoms with van der Waals surface area (Å²) in [6.07, 6.45) is 8.30. The van der Waals surface area contributed by atoms with Crippen LogP contribution in [0.3, 0.4) is 0 Å². The minimum atomic E-state index is -0.810. The zero-order valence-corrected chi connectivity index (χ0v) is 20.3. The first-order valence-electron chi connectivity index (χ1n) is 12.2. The minimum Gasteiger partial charge on any atom is -0.389 e. The molecule has 0 unspecified atom stereocenters. The molecule has 4 rings (SSSR count). The largest absolute Gasteiger partial charge is 0.389 e. The van der Waals surface area contributed by atoms with Gasteiger partial charge < -0.3 is 14.6 Å². The molecule has 2 aromatic carbocycles. The number of benzene rings is 2. The molecular formula is C30H38O3. The van der Waals surface area contributed by atoms with E-state index < -0.39 is 11.4 Å². The fraction of sp³-hybridized carbons (Fsp3) is 0.467. The highest BCUT2D eigenvalue weighted by molar-refractivity contribution is 5.27. The van der Waals surface area contributed by atoms with Crippen molar-refractivity contribution in [2.75, 3.05) is 0 Å². The number of hydrogen-bond donors (Lipinski definition) is 1. The normalized spacial score (nSPS) is 25.3. The van der Waals surface area contributed by atoms with Crippen molar-refractivity contribution >= 4 is 0 Å². The van der Waals surface area contributed by atoms with Gasteiger partial charge in [-0.25, -0.2) is 0 Å². The monoisotopic (exact) mass is 446 g/mol. The van der Waals surface area contributed by atoms with Crippen LogP contribution in [0.2, 0.25) is 0 Å². The Hall–Kier alpha value is -2.20. The van der Waals surface area contributed by atoms with E-state index in [-0.39, 0.29) is 17.6 Å². The molecule has 33 heavy (non-hydrogen) atoms. The summed E-state index contributed by atoms with van der Waals surface area (Å²) in [4.78, 5) is 0. The lowest BCUT2D eigenvalue weighted by Crippen LogP contribution is -2.52. The van der Waals surface area contributed by atoms with Crippen molar-refractivity contribution in [3.8, 4) is 0 Å². The fourth-order valence-electron chi connectivity index (χ4n) is 5.42. The summed E-state index contributed by atoms with van der Waals surface area (Å²) in [6.45, 7) is 10.5. The molecule has 1 spiro atoms. The van der Waals surface area contributed by atoms with E-state index in [0.29, 0.717) is 25.7 Å². The van der Waals surface area contributed by atoms with E-state index in [4.69, 9.17) is 9.47 Å². The van der Waals surface area contributed by atoms with Gasteiger partial charge >= 0.3 is 0 Å². The van der Waals surface area contributed by atoms with Crippen LogP contribution >= 0.6 is 0 Å². The van der Waals surface area contributed by atoms with Gasteiger partial charge in [0.2, 0.25) is 0 Å². The van der Waals surface area contributed by atoms with E-state index in [1.807, 2.05) is 42.5 Å². The molecule has 1 heterocycles. The predicted octanol–water partition coefficient (Wildman–Crippen LogP) is 7.46. The Bertz CT molecular complexity index is 903. The number of rotatable bonds is 7. The van der Waals surface area contributed by atoms with Gasteiger partial charge in [-0.15, -0.1) is 6.58 Å². The first-order chi connectivity index (χ1) is 15.8. The standard InChI is InChI=1S/C30H38O3/c1-5-28(4,18-12-13-23(2)3)29(31)19-21-30(22-20-29)32-26(24-14-8-6-9-15-24)27(33-30)25-16-10-7-11-17-25/h5-11,13-17,26-27,31H,1,12,18-22H2,2-4H3/t26-,27-,28+/m1/s1. The number of allylic oxidation sites excluding steroid dienone is 2. The predicted molar refractivity (Wildman–Crippen MR) is 134 cm³/mol. The van der Waals surface area contributed by atoms with E-state index in [9.17, 15) is 5.11 Å². The molecule has 0 aromatic heterocycles. The Morgan fingerprint density at radius 1 is 0.939 bits per heavy atom. The van der Waals surface area contributed by atoms with Crippen LogP contribution in [0.15, 0.2) is 85.0 Å². The van der Waals surface area contributed by atoms with E-state index in [0.717, 1.165) is 24.0 Å². The fourth-order valence-corrected chi connectivity index (χ4v) is 5.42. The van der Waals surface area contributed by atoms with E-state index in [1.54, 1.807) is 0 Å². The second-order valence-electron chi connectivity index (χ2n) is 10.3. The van der Waals surface area contributed by atoms with E-state index in [2.05, 4.69) is 57.7 Å². The van der Waals surface area contributed by atoms with Crippen LogP contribution in [0, 0.1) is 5.41 Å². The number of ether oxygens (including phenoxy) is 2. The van der Waals surface area contributed by atoms with Gasteiger partial charge in [0.1, 0.15) is 12.2 Å². The summed E-state index contributed by atoms with van der Waals surface area (Å²) in [7, 11) is 0. The summed E-state index contributed by atoms with van der Waals surface area (Å²) in [5, 5.41) is 11.8. The van der Waals surface area contributed by atoms with Crippen molar-refractivity contribution in [3.63, 3.8) is 0 Å². The topological polar surface area (TPSA) is 38.7 Å². The molecule has 1 saturated heterocycles. The summed E-state index contributed by atoms with van der Waals surface area (Å²) in [5.74, 6) is -0.671. The quantitative estimate of drug-likeness (QED) is 0.449. The van der Waals surface area contributed by atoms with E-state index >= 15 is 0 Å². The second-order valence-corrected chi connectivity index (χ2v) is 10.3. The molecule has 0 amide bonds. The van der Waals surface area contributed by atoms with Crippen LogP contribution in [0.4, 0.5) is 0 Å². The van der Waals surface area contributed by atoms with Crippen molar-refractivity contribution < 1.29 is 14.6 Å². The third-order valence-corrected chi connectivity index (χ3v) is 7.78. The third-order valence-electron chi connectivity index (χ3n) is 7.78. The maximum absolute atomic E-state index is 11.8. The van der Waals surface area contributed by atoms with Crippen LogP contribution in [-0.4, -0.2) is 16.5 Å². The van der Waals surface area contributed by atoms with Crippen LogP contribution in [0.5, 0.6) is 0 Å². The second kappa shape index (κ2) is 9.58. The third kappa shape index (κ3) is 4.87. The molecule has 1 aliphatic carbocycles. The highest BCUT2D eigenvalue weighted by Crippen LogP contribution is 2.56. The van der Waals surface area contributed by atoms with Gasteiger partial charge in [0.25, 0.3) is 0 Å². The van der Waals surface area contributed by atoms with Gasteiger partial charge in [-0.1, -0.05) is 85.3 Å². The van der Waals surface area contributed by atoms with Gasteiger partial charge in [0.05, 0.1) is 5.60 Å². The van der Waals surface area contributed by atoms with E-state index in [1.165, 1.54) is 5.57 Å². The Labute approximate surface area is 199 Å². The van der Waals surface area contributed by atoms with Gasteiger partial charge in [0, 0.05) is 18.3 Å². The molecule has 2 aromatic rings. The summed E-state index contributed by atoms with van der Waals surface area (Å²) in [6, 6.07) is 20.7. The molecular weight excluding hydrogens is 408 g/mol. The van der Waals surface area contributed by atoms with Crippen molar-refractivity contribution in [2.45, 2.75) is 82.9 Å². The molecule has 2 fully saturated rings. The smallest absolute Gasteiger partial charge is 0.170 e. The Morgan fingerprint density at radius 3 is 1.85 bits per heavy atom. The average Bonchev–Trinajstić information content (AvgIpc) is 3.21. The maximum Gasteiger partial charge on any atom is 0.170 e. The molecule has 176 valence electrons. The van der Waals surface area contributed by atoms with Gasteiger partial charge in [-0.05, 0) is 50.7 Å². The molecule has 2 aliphatic rings. The molecule has 1 saturated carbocycles. The zero-order valence-electron chi connectivity index (χ0n) is 20.3. The average molecular weight is 447 g/mol. The van der Waals surface area contributed by atoms with Crippen LogP contribution in [0.25, 0.3) is 0 Å². The SMILES string of the molecule is C=C[C@@](C)(CCC=C(C)C)C1(O)CCC2(CC1)O[C@H](c1ccccc1)[C@@H](c1ccccc1)O2. The Balaban J connectivity index is 1.54. The molecule has 3 atom stereocenters. The lowest BCUT2D eigenvalue weighted by molar-refractivity contribution is -0.229. The van der Waals surface area contributed by atoms with Crippen molar-refractivity contribution in [3.05, 3.63) is 96.1 Å². The molecule has 0 bridgehead atoms. The first kappa shape index (κ1) is 23.9. The zero-order chi connectivity index (χ0) is 23.5. The highest BCUT2D eigenvalue weighted by atomic mass is 16.8. The van der Waals surface area contributed by atoms with Crippen LogP contribution < -0.4 is 0 Å². The molecule has 1 N–H and O–H groups in total. The van der Waals surface area contributed by atoms with Gasteiger partial charge in [-0.3, -0.25) is 0 Å². The Kier molecular flexibility index (Phi) is 6.95. The van der Waals surface area contributed by atoms with Crippen molar-refractivity contribution in [1.82, 2.24) is 0 Å². The summed E-state index contributed by atoms with van der Waals surface area (Å²) < 4.78 is 13.5. The summed E-state index contributed by atoms with van der Waals surface area (Å²) >= 11 is 0. The molecule has 0 radical (unpaired) electrons. The lowest BCUT2D eigenvalue weighted by Gasteiger charge is -2.49. The highest BCUT2D eigenvalue weighted by Gasteiger charge is 2.56. The number of hydrogen-bond acceptors (Lipinski definition) is 3. The van der Waals surface area contributed by atoms with Gasteiger partial charge in [-0.2, -0.15) is 0 Å². The lowest BCUT2D eigenvalue weighted by atomic mass is 9.63. The van der Waals surface area contributed by atoms with Crippen LogP contribution in [-0.2, 0) is 9.47 Å². The first-order valence-corrected chi connectivity index (χ1v) is 12.2. The summed E-state index contributed by atoms with van der Waals surface area (Å²) in [5.41, 5.74) is 2.40.